The van der Waals surface area contributed by atoms with Crippen molar-refractivity contribution in [3.63, 3.8) is 0 Å². The highest BCUT2D eigenvalue weighted by molar-refractivity contribution is 6.39. The lowest BCUT2D eigenvalue weighted by Crippen LogP contribution is -2.48. The molecule has 1 saturated heterocycles. The molecule has 1 heterocycles. The van der Waals surface area contributed by atoms with E-state index in [-0.39, 0.29) is 15.6 Å². The number of carboxylic acids is 1. The number of likely N-dealkylation sites (tertiary alicyclic amines) is 1. The monoisotopic (exact) mass is 301 g/mol. The molecule has 1 aromatic rings. The number of hydrogen-bond donors (Lipinski definition) is 1. The zero-order valence-electron chi connectivity index (χ0n) is 10.1. The molecule has 1 aliphatic rings. The third kappa shape index (κ3) is 2.85. The van der Waals surface area contributed by atoms with E-state index in [0.29, 0.717) is 13.0 Å². The zero-order valence-corrected chi connectivity index (χ0v) is 11.6. The minimum atomic E-state index is -0.990. The fraction of sp³-hybridized carbons (Fsp3) is 0.385. The molecule has 0 aliphatic carbocycles. The first-order chi connectivity index (χ1) is 9.02. The van der Waals surface area contributed by atoms with Crippen LogP contribution in [-0.2, 0) is 4.79 Å². The van der Waals surface area contributed by atoms with Gasteiger partial charge in [0.15, 0.2) is 0 Å². The number of nitrogens with zero attached hydrogens (tertiary/aromatic N) is 1. The van der Waals surface area contributed by atoms with Crippen molar-refractivity contribution in [1.29, 1.82) is 0 Å². The number of rotatable bonds is 2. The molecule has 4 nitrogen and oxygen atoms in total. The van der Waals surface area contributed by atoms with E-state index in [2.05, 4.69) is 0 Å². The molecule has 1 fully saturated rings. The topological polar surface area (TPSA) is 57.6 Å². The van der Waals surface area contributed by atoms with Crippen LogP contribution in [0.3, 0.4) is 0 Å². The van der Waals surface area contributed by atoms with Gasteiger partial charge in [0.1, 0.15) is 6.04 Å². The van der Waals surface area contributed by atoms with E-state index < -0.39 is 17.9 Å². The first-order valence-corrected chi connectivity index (χ1v) is 6.75. The molecule has 6 heteroatoms. The lowest BCUT2D eigenvalue weighted by Gasteiger charge is -2.33. The molecule has 0 saturated carbocycles. The van der Waals surface area contributed by atoms with Gasteiger partial charge in [0, 0.05) is 6.54 Å². The second-order valence-corrected chi connectivity index (χ2v) is 5.26. The third-order valence-corrected chi connectivity index (χ3v) is 3.86. The van der Waals surface area contributed by atoms with Gasteiger partial charge in [0.05, 0.1) is 15.6 Å². The number of benzene rings is 1. The SMILES string of the molecule is O=C(O)[C@H]1CCCCN1C(=O)c1c(Cl)cccc1Cl. The van der Waals surface area contributed by atoms with E-state index in [1.54, 1.807) is 18.2 Å². The number of hydrogen-bond acceptors (Lipinski definition) is 2. The standard InChI is InChI=1S/C13H13Cl2NO3/c14-8-4-3-5-9(15)11(8)12(17)16-7-2-1-6-10(16)13(18)19/h3-5,10H,1-2,6-7H2,(H,18,19)/t10-/m1/s1. The summed E-state index contributed by atoms with van der Waals surface area (Å²) in [6.07, 6.45) is 2.05. The summed E-state index contributed by atoms with van der Waals surface area (Å²) >= 11 is 12.0. The van der Waals surface area contributed by atoms with E-state index in [1.165, 1.54) is 4.90 Å². The van der Waals surface area contributed by atoms with Crippen LogP contribution < -0.4 is 0 Å². The number of amides is 1. The van der Waals surface area contributed by atoms with E-state index in [4.69, 9.17) is 23.2 Å². The summed E-state index contributed by atoms with van der Waals surface area (Å²) in [7, 11) is 0. The summed E-state index contributed by atoms with van der Waals surface area (Å²) < 4.78 is 0. The Balaban J connectivity index is 2.34. The number of carbonyl (C=O) groups is 2. The highest BCUT2D eigenvalue weighted by Gasteiger charge is 2.33. The van der Waals surface area contributed by atoms with Gasteiger partial charge in [0.25, 0.3) is 5.91 Å². The maximum Gasteiger partial charge on any atom is 0.326 e. The van der Waals surface area contributed by atoms with Gasteiger partial charge in [-0.2, -0.15) is 0 Å². The fourth-order valence-corrected chi connectivity index (χ4v) is 2.84. The van der Waals surface area contributed by atoms with Gasteiger partial charge in [-0.05, 0) is 31.4 Å². The summed E-state index contributed by atoms with van der Waals surface area (Å²) in [6.45, 7) is 0.414. The molecule has 19 heavy (non-hydrogen) atoms. The average molecular weight is 302 g/mol. The van der Waals surface area contributed by atoms with Gasteiger partial charge >= 0.3 is 5.97 Å². The predicted octanol–water partition coefficient (Wildman–Crippen LogP) is 3.07. The van der Waals surface area contributed by atoms with Crippen molar-refractivity contribution in [1.82, 2.24) is 4.90 Å². The first kappa shape index (κ1) is 14.2. The Bertz CT molecular complexity index is 498. The molecule has 0 aromatic heterocycles. The minimum absolute atomic E-state index is 0.180. The summed E-state index contributed by atoms with van der Waals surface area (Å²) in [5.74, 6) is -1.40. The number of aliphatic carboxylic acids is 1. The van der Waals surface area contributed by atoms with Crippen molar-refractivity contribution in [2.75, 3.05) is 6.54 Å². The van der Waals surface area contributed by atoms with Gasteiger partial charge in [-0.15, -0.1) is 0 Å². The summed E-state index contributed by atoms with van der Waals surface area (Å²) in [5.41, 5.74) is 0.180. The maximum atomic E-state index is 12.4. The molecule has 1 aromatic carbocycles. The van der Waals surface area contributed by atoms with Gasteiger partial charge in [-0.3, -0.25) is 4.79 Å². The van der Waals surface area contributed by atoms with Crippen LogP contribution in [0.1, 0.15) is 29.6 Å². The Kier molecular flexibility index (Phi) is 4.32. The highest BCUT2D eigenvalue weighted by Crippen LogP contribution is 2.28. The second-order valence-electron chi connectivity index (χ2n) is 4.45. The van der Waals surface area contributed by atoms with Gasteiger partial charge in [-0.25, -0.2) is 4.79 Å². The van der Waals surface area contributed by atoms with Crippen molar-refractivity contribution in [2.45, 2.75) is 25.3 Å². The van der Waals surface area contributed by atoms with Crippen LogP contribution in [0, 0.1) is 0 Å². The van der Waals surface area contributed by atoms with Crippen LogP contribution in [-0.4, -0.2) is 34.5 Å². The van der Waals surface area contributed by atoms with Crippen molar-refractivity contribution in [2.24, 2.45) is 0 Å². The minimum Gasteiger partial charge on any atom is -0.480 e. The maximum absolute atomic E-state index is 12.4. The van der Waals surface area contributed by atoms with E-state index in [9.17, 15) is 14.7 Å². The van der Waals surface area contributed by atoms with Crippen LogP contribution in [0.2, 0.25) is 10.0 Å². The Morgan fingerprint density at radius 1 is 1.21 bits per heavy atom. The van der Waals surface area contributed by atoms with Crippen molar-refractivity contribution in [3.05, 3.63) is 33.8 Å². The molecule has 1 aliphatic heterocycles. The molecule has 102 valence electrons. The molecule has 0 spiro atoms. The number of halogens is 2. The summed E-state index contributed by atoms with van der Waals surface area (Å²) in [4.78, 5) is 25.0. The van der Waals surface area contributed by atoms with E-state index in [1.807, 2.05) is 0 Å². The summed E-state index contributed by atoms with van der Waals surface area (Å²) in [6, 6.07) is 3.99. The number of piperidine rings is 1. The molecule has 2 rings (SSSR count). The van der Waals surface area contributed by atoms with Crippen molar-refractivity contribution >= 4 is 35.1 Å². The molecule has 0 bridgehead atoms. The quantitative estimate of drug-likeness (QED) is 0.913. The van der Waals surface area contributed by atoms with Crippen LogP contribution >= 0.6 is 23.2 Å². The van der Waals surface area contributed by atoms with Gasteiger partial charge < -0.3 is 10.0 Å². The predicted molar refractivity (Wildman–Crippen MR) is 72.8 cm³/mol. The average Bonchev–Trinajstić information content (AvgIpc) is 2.38. The van der Waals surface area contributed by atoms with Crippen molar-refractivity contribution in [3.8, 4) is 0 Å². The zero-order chi connectivity index (χ0) is 14.0. The first-order valence-electron chi connectivity index (χ1n) is 6.00. The van der Waals surface area contributed by atoms with Gasteiger partial charge in [-0.1, -0.05) is 29.3 Å². The van der Waals surface area contributed by atoms with Crippen LogP contribution in [0.5, 0.6) is 0 Å². The second kappa shape index (κ2) is 5.80. The van der Waals surface area contributed by atoms with Crippen LogP contribution in [0.15, 0.2) is 18.2 Å². The Morgan fingerprint density at radius 2 is 1.84 bits per heavy atom. The van der Waals surface area contributed by atoms with Crippen LogP contribution in [0.4, 0.5) is 0 Å². The largest absolute Gasteiger partial charge is 0.480 e. The Labute approximate surface area is 120 Å². The van der Waals surface area contributed by atoms with Gasteiger partial charge in [0.2, 0.25) is 0 Å². The fourth-order valence-electron chi connectivity index (χ4n) is 2.28. The Hall–Kier alpha value is -1.26. The normalized spacial score (nSPS) is 19.3. The highest BCUT2D eigenvalue weighted by atomic mass is 35.5. The Morgan fingerprint density at radius 3 is 2.42 bits per heavy atom. The lowest BCUT2D eigenvalue weighted by molar-refractivity contribution is -0.143. The smallest absolute Gasteiger partial charge is 0.326 e. The van der Waals surface area contributed by atoms with Crippen molar-refractivity contribution < 1.29 is 14.7 Å². The third-order valence-electron chi connectivity index (χ3n) is 3.23. The van der Waals surface area contributed by atoms with E-state index in [0.717, 1.165) is 12.8 Å². The van der Waals surface area contributed by atoms with E-state index >= 15 is 0 Å². The van der Waals surface area contributed by atoms with Crippen LogP contribution in [0.25, 0.3) is 0 Å². The molecule has 0 radical (unpaired) electrons. The molecule has 0 unspecified atom stereocenters. The lowest BCUT2D eigenvalue weighted by atomic mass is 10.0. The molecular formula is C13H13Cl2NO3. The molecular weight excluding hydrogens is 289 g/mol. The number of carbonyl (C=O) groups excluding carboxylic acids is 1. The number of carboxylic acid groups (broad SMARTS) is 1. The molecule has 1 N–H and O–H groups in total. The molecule has 1 atom stereocenters. The molecule has 1 amide bonds. The summed E-state index contributed by atoms with van der Waals surface area (Å²) in [5, 5.41) is 9.67.